The minimum absolute atomic E-state index is 0.0775. The molecule has 1 N–H and O–H groups in total. The topological polar surface area (TPSA) is 80.3 Å². The molecule has 1 heterocycles. The molecular formula is C20H9NO4. The Morgan fingerprint density at radius 3 is 2.04 bits per heavy atom. The SMILES string of the molecule is O=C1c2ccccc2C(=O)c2c1cc1cccc3c1c2C(=O)NC3=O. The van der Waals surface area contributed by atoms with Crippen molar-refractivity contribution in [2.75, 3.05) is 0 Å². The van der Waals surface area contributed by atoms with Gasteiger partial charge in [-0.15, -0.1) is 0 Å². The molecule has 0 bridgehead atoms. The van der Waals surface area contributed by atoms with Crippen LogP contribution in [0.5, 0.6) is 0 Å². The number of benzene rings is 3. The molecule has 0 atom stereocenters. The summed E-state index contributed by atoms with van der Waals surface area (Å²) >= 11 is 0. The summed E-state index contributed by atoms with van der Waals surface area (Å²) in [6.07, 6.45) is 0. The van der Waals surface area contributed by atoms with Crippen molar-refractivity contribution in [3.8, 4) is 0 Å². The highest BCUT2D eigenvalue weighted by atomic mass is 16.2. The van der Waals surface area contributed by atoms with Gasteiger partial charge in [-0.3, -0.25) is 24.5 Å². The Kier molecular flexibility index (Phi) is 2.47. The fraction of sp³-hybridized carbons (Fsp3) is 0. The van der Waals surface area contributed by atoms with Crippen LogP contribution in [0.2, 0.25) is 0 Å². The largest absolute Gasteiger partial charge is 0.289 e. The Bertz CT molecular complexity index is 1190. The molecule has 3 aromatic rings. The van der Waals surface area contributed by atoms with E-state index in [4.69, 9.17) is 0 Å². The van der Waals surface area contributed by atoms with Crippen LogP contribution in [0.1, 0.15) is 52.6 Å². The smallest absolute Gasteiger partial charge is 0.259 e. The first-order chi connectivity index (χ1) is 12.1. The monoisotopic (exact) mass is 327 g/mol. The van der Waals surface area contributed by atoms with Gasteiger partial charge in [-0.2, -0.15) is 0 Å². The lowest BCUT2D eigenvalue weighted by atomic mass is 9.78. The molecular weight excluding hydrogens is 318 g/mol. The van der Waals surface area contributed by atoms with E-state index in [2.05, 4.69) is 5.32 Å². The molecule has 1 aliphatic carbocycles. The fourth-order valence-corrected chi connectivity index (χ4v) is 3.68. The van der Waals surface area contributed by atoms with Crippen molar-refractivity contribution in [2.24, 2.45) is 0 Å². The number of carbonyl (C=O) groups is 4. The summed E-state index contributed by atoms with van der Waals surface area (Å²) < 4.78 is 0. The van der Waals surface area contributed by atoms with Crippen molar-refractivity contribution in [1.29, 1.82) is 0 Å². The molecule has 0 radical (unpaired) electrons. The van der Waals surface area contributed by atoms with Crippen LogP contribution in [0.4, 0.5) is 0 Å². The zero-order valence-electron chi connectivity index (χ0n) is 12.8. The highest BCUT2D eigenvalue weighted by molar-refractivity contribution is 6.36. The van der Waals surface area contributed by atoms with Gasteiger partial charge in [0.1, 0.15) is 0 Å². The van der Waals surface area contributed by atoms with Gasteiger partial charge < -0.3 is 0 Å². The summed E-state index contributed by atoms with van der Waals surface area (Å²) in [5, 5.41) is 3.28. The van der Waals surface area contributed by atoms with Gasteiger partial charge in [0.25, 0.3) is 11.8 Å². The summed E-state index contributed by atoms with van der Waals surface area (Å²) in [4.78, 5) is 50.5. The Morgan fingerprint density at radius 1 is 0.600 bits per heavy atom. The van der Waals surface area contributed by atoms with Crippen LogP contribution in [-0.2, 0) is 0 Å². The Labute approximate surface area is 141 Å². The molecule has 0 spiro atoms. The number of fused-ring (bicyclic) bond motifs is 3. The molecule has 0 saturated carbocycles. The van der Waals surface area contributed by atoms with Gasteiger partial charge in [-0.25, -0.2) is 0 Å². The van der Waals surface area contributed by atoms with Crippen molar-refractivity contribution in [1.82, 2.24) is 5.32 Å². The van der Waals surface area contributed by atoms with Crippen molar-refractivity contribution in [3.05, 3.63) is 81.9 Å². The zero-order valence-corrected chi connectivity index (χ0v) is 12.8. The number of imide groups is 1. The van der Waals surface area contributed by atoms with E-state index in [1.165, 1.54) is 0 Å². The van der Waals surface area contributed by atoms with Gasteiger partial charge in [-0.05, 0) is 17.5 Å². The van der Waals surface area contributed by atoms with Crippen LogP contribution in [-0.4, -0.2) is 23.4 Å². The number of hydrogen-bond acceptors (Lipinski definition) is 4. The molecule has 0 aromatic heterocycles. The molecule has 25 heavy (non-hydrogen) atoms. The standard InChI is InChI=1S/C20H9NO4/c22-17-10-5-1-2-6-11(10)18(23)15-13(17)8-9-4-3-7-12-14(9)16(15)20(25)21-19(12)24/h1-8H,(H,21,24,25). The van der Waals surface area contributed by atoms with Crippen molar-refractivity contribution < 1.29 is 19.2 Å². The van der Waals surface area contributed by atoms with Gasteiger partial charge in [0, 0.05) is 33.2 Å². The minimum atomic E-state index is -0.647. The van der Waals surface area contributed by atoms with Crippen molar-refractivity contribution in [3.63, 3.8) is 0 Å². The van der Waals surface area contributed by atoms with E-state index in [1.807, 2.05) is 0 Å². The average molecular weight is 327 g/mol. The van der Waals surface area contributed by atoms with Crippen LogP contribution in [0.15, 0.2) is 48.5 Å². The molecule has 2 aliphatic rings. The third kappa shape index (κ3) is 1.61. The average Bonchev–Trinajstić information content (AvgIpc) is 2.63. The molecule has 0 saturated heterocycles. The maximum Gasteiger partial charge on any atom is 0.259 e. The quantitative estimate of drug-likeness (QED) is 0.503. The number of nitrogens with one attached hydrogen (secondary N) is 1. The predicted molar refractivity (Wildman–Crippen MR) is 89.1 cm³/mol. The highest BCUT2D eigenvalue weighted by Gasteiger charge is 2.37. The fourth-order valence-electron chi connectivity index (χ4n) is 3.68. The third-order valence-electron chi connectivity index (χ3n) is 4.75. The van der Waals surface area contributed by atoms with E-state index >= 15 is 0 Å². The molecule has 3 aromatic carbocycles. The summed E-state index contributed by atoms with van der Waals surface area (Å²) in [5.74, 6) is -1.82. The first kappa shape index (κ1) is 13.8. The van der Waals surface area contributed by atoms with Gasteiger partial charge in [-0.1, -0.05) is 36.4 Å². The molecule has 0 unspecified atom stereocenters. The molecule has 1 aliphatic heterocycles. The zero-order chi connectivity index (χ0) is 17.3. The second-order valence-corrected chi connectivity index (χ2v) is 6.06. The van der Waals surface area contributed by atoms with E-state index in [1.54, 1.807) is 48.5 Å². The normalized spacial score (nSPS) is 15.0. The molecule has 2 amide bonds. The number of amides is 2. The number of rotatable bonds is 0. The van der Waals surface area contributed by atoms with Crippen molar-refractivity contribution in [2.45, 2.75) is 0 Å². The number of ketones is 2. The molecule has 5 rings (SSSR count). The molecule has 0 fully saturated rings. The summed E-state index contributed by atoms with van der Waals surface area (Å²) in [6, 6.07) is 13.2. The van der Waals surface area contributed by atoms with Gasteiger partial charge in [0.2, 0.25) is 0 Å². The molecule has 5 heteroatoms. The summed E-state index contributed by atoms with van der Waals surface area (Å²) in [7, 11) is 0. The van der Waals surface area contributed by atoms with E-state index < -0.39 is 11.8 Å². The van der Waals surface area contributed by atoms with E-state index in [9.17, 15) is 19.2 Å². The predicted octanol–water partition coefficient (Wildman–Crippen LogP) is 2.50. The van der Waals surface area contributed by atoms with Gasteiger partial charge >= 0.3 is 0 Å². The minimum Gasteiger partial charge on any atom is -0.289 e. The number of hydrogen-bond donors (Lipinski definition) is 1. The van der Waals surface area contributed by atoms with E-state index in [-0.39, 0.29) is 33.8 Å². The van der Waals surface area contributed by atoms with Crippen LogP contribution in [0.3, 0.4) is 0 Å². The van der Waals surface area contributed by atoms with Crippen LogP contribution in [0, 0.1) is 0 Å². The Hall–Kier alpha value is -3.60. The summed E-state index contributed by atoms with van der Waals surface area (Å²) in [6.45, 7) is 0. The maximum absolute atomic E-state index is 13.0. The second kappa shape index (κ2) is 4.48. The lowest BCUT2D eigenvalue weighted by Gasteiger charge is -2.24. The highest BCUT2D eigenvalue weighted by Crippen LogP contribution is 2.36. The Morgan fingerprint density at radius 2 is 1.28 bits per heavy atom. The Balaban J connectivity index is 1.99. The first-order valence-electron chi connectivity index (χ1n) is 7.72. The van der Waals surface area contributed by atoms with Crippen LogP contribution < -0.4 is 5.32 Å². The maximum atomic E-state index is 13.0. The lowest BCUT2D eigenvalue weighted by Crippen LogP contribution is -2.37. The van der Waals surface area contributed by atoms with Crippen molar-refractivity contribution >= 4 is 34.2 Å². The molecule has 118 valence electrons. The lowest BCUT2D eigenvalue weighted by molar-refractivity contribution is 0.0840. The van der Waals surface area contributed by atoms with Gasteiger partial charge in [0.05, 0.1) is 5.56 Å². The van der Waals surface area contributed by atoms with Crippen LogP contribution in [0.25, 0.3) is 10.8 Å². The van der Waals surface area contributed by atoms with Gasteiger partial charge in [0.15, 0.2) is 11.6 Å². The third-order valence-corrected chi connectivity index (χ3v) is 4.75. The van der Waals surface area contributed by atoms with E-state index in [0.29, 0.717) is 21.9 Å². The van der Waals surface area contributed by atoms with E-state index in [0.717, 1.165) is 0 Å². The summed E-state index contributed by atoms with van der Waals surface area (Å²) in [5.41, 5.74) is 1.32. The first-order valence-corrected chi connectivity index (χ1v) is 7.72. The van der Waals surface area contributed by atoms with Crippen LogP contribution >= 0.6 is 0 Å². The molecule has 5 nitrogen and oxygen atoms in total. The number of carbonyl (C=O) groups excluding carboxylic acids is 4. The second-order valence-electron chi connectivity index (χ2n) is 6.06.